The van der Waals surface area contributed by atoms with Crippen LogP contribution in [0.5, 0.6) is 11.5 Å². The van der Waals surface area contributed by atoms with Gasteiger partial charge in [0.05, 0.1) is 12.7 Å². The standard InChI is InChI=1S/C24H37N3O3/c1-18-17-27(15-14-25(18)2)24(28)22-16-21(29-3)8-9-23(22)30-20-10-12-26(13-11-20)19-6-4-5-7-19/h8-9,16,18-20H,4-7,10-15,17H2,1-3H3. The van der Waals surface area contributed by atoms with E-state index in [1.807, 2.05) is 23.1 Å². The Morgan fingerprint density at radius 3 is 2.43 bits per heavy atom. The van der Waals surface area contributed by atoms with Crippen LogP contribution < -0.4 is 9.47 Å². The molecule has 166 valence electrons. The highest BCUT2D eigenvalue weighted by atomic mass is 16.5. The van der Waals surface area contributed by atoms with Crippen molar-refractivity contribution in [3.05, 3.63) is 23.8 Å². The average Bonchev–Trinajstić information content (AvgIpc) is 3.31. The molecule has 0 spiro atoms. The van der Waals surface area contributed by atoms with E-state index in [9.17, 15) is 4.79 Å². The first-order chi connectivity index (χ1) is 14.5. The number of nitrogens with zero attached hydrogens (tertiary/aromatic N) is 3. The molecule has 0 N–H and O–H groups in total. The summed E-state index contributed by atoms with van der Waals surface area (Å²) in [6, 6.07) is 6.79. The highest BCUT2D eigenvalue weighted by Gasteiger charge is 2.30. The number of piperidine rings is 1. The molecular formula is C24H37N3O3. The molecule has 1 aromatic carbocycles. The van der Waals surface area contributed by atoms with Crippen molar-refractivity contribution in [2.75, 3.05) is 46.9 Å². The number of carbonyl (C=O) groups is 1. The molecule has 1 atom stereocenters. The molecule has 2 saturated heterocycles. The number of likely N-dealkylation sites (N-methyl/N-ethyl adjacent to an activating group) is 1. The summed E-state index contributed by atoms with van der Waals surface area (Å²) < 4.78 is 11.8. The molecule has 1 amide bonds. The van der Waals surface area contributed by atoms with Crippen molar-refractivity contribution in [3.63, 3.8) is 0 Å². The zero-order valence-electron chi connectivity index (χ0n) is 18.8. The summed E-state index contributed by atoms with van der Waals surface area (Å²) in [7, 11) is 3.76. The lowest BCUT2D eigenvalue weighted by molar-refractivity contribution is 0.0551. The Kier molecular flexibility index (Phi) is 6.84. The molecule has 0 radical (unpaired) electrons. The molecule has 6 nitrogen and oxygen atoms in total. The molecule has 0 aromatic heterocycles. The van der Waals surface area contributed by atoms with Crippen LogP contribution in [0.2, 0.25) is 0 Å². The van der Waals surface area contributed by atoms with Crippen LogP contribution in [0.4, 0.5) is 0 Å². The monoisotopic (exact) mass is 415 g/mol. The van der Waals surface area contributed by atoms with Gasteiger partial charge in [0.1, 0.15) is 17.6 Å². The third kappa shape index (κ3) is 4.75. The van der Waals surface area contributed by atoms with E-state index in [1.54, 1.807) is 7.11 Å². The van der Waals surface area contributed by atoms with Crippen molar-refractivity contribution in [2.24, 2.45) is 0 Å². The number of ether oxygens (including phenoxy) is 2. The smallest absolute Gasteiger partial charge is 0.257 e. The highest BCUT2D eigenvalue weighted by Crippen LogP contribution is 2.31. The van der Waals surface area contributed by atoms with E-state index in [2.05, 4.69) is 23.8 Å². The molecule has 6 heteroatoms. The number of methoxy groups -OCH3 is 1. The van der Waals surface area contributed by atoms with Gasteiger partial charge in [0, 0.05) is 44.8 Å². The number of rotatable bonds is 5. The maximum atomic E-state index is 13.4. The van der Waals surface area contributed by atoms with Gasteiger partial charge < -0.3 is 24.2 Å². The molecule has 2 heterocycles. The number of benzene rings is 1. The van der Waals surface area contributed by atoms with Crippen molar-refractivity contribution in [1.29, 1.82) is 0 Å². The Balaban J connectivity index is 1.43. The Morgan fingerprint density at radius 2 is 1.77 bits per heavy atom. The maximum Gasteiger partial charge on any atom is 0.257 e. The fraction of sp³-hybridized carbons (Fsp3) is 0.708. The molecule has 4 rings (SSSR count). The molecule has 2 aliphatic heterocycles. The summed E-state index contributed by atoms with van der Waals surface area (Å²) in [5, 5.41) is 0. The van der Waals surface area contributed by atoms with Gasteiger partial charge in [0.2, 0.25) is 0 Å². The minimum Gasteiger partial charge on any atom is -0.497 e. The van der Waals surface area contributed by atoms with E-state index in [4.69, 9.17) is 9.47 Å². The highest BCUT2D eigenvalue weighted by molar-refractivity contribution is 5.97. The summed E-state index contributed by atoms with van der Waals surface area (Å²) in [4.78, 5) is 20.3. The van der Waals surface area contributed by atoms with E-state index >= 15 is 0 Å². The van der Waals surface area contributed by atoms with E-state index in [1.165, 1.54) is 25.7 Å². The molecule has 3 fully saturated rings. The lowest BCUT2D eigenvalue weighted by atomic mass is 10.0. The molecule has 3 aliphatic rings. The van der Waals surface area contributed by atoms with Crippen molar-refractivity contribution >= 4 is 5.91 Å². The van der Waals surface area contributed by atoms with Crippen LogP contribution in [0.1, 0.15) is 55.8 Å². The van der Waals surface area contributed by atoms with E-state index in [-0.39, 0.29) is 12.0 Å². The summed E-state index contributed by atoms with van der Waals surface area (Å²) in [6.45, 7) is 6.75. The number of likely N-dealkylation sites (tertiary alicyclic amines) is 1. The average molecular weight is 416 g/mol. The second-order valence-corrected chi connectivity index (χ2v) is 9.23. The summed E-state index contributed by atoms with van der Waals surface area (Å²) >= 11 is 0. The third-order valence-electron chi connectivity index (χ3n) is 7.28. The summed E-state index contributed by atoms with van der Waals surface area (Å²) in [5.41, 5.74) is 0.629. The van der Waals surface area contributed by atoms with Crippen molar-refractivity contribution < 1.29 is 14.3 Å². The van der Waals surface area contributed by atoms with Crippen LogP contribution in [0.3, 0.4) is 0 Å². The Hall–Kier alpha value is -1.79. The van der Waals surface area contributed by atoms with Gasteiger partial charge in [-0.3, -0.25) is 4.79 Å². The van der Waals surface area contributed by atoms with Gasteiger partial charge >= 0.3 is 0 Å². The minimum atomic E-state index is 0.0484. The SMILES string of the molecule is COc1ccc(OC2CCN(C3CCCC3)CC2)c(C(=O)N2CCN(C)C(C)C2)c1. The van der Waals surface area contributed by atoms with Gasteiger partial charge in [-0.1, -0.05) is 12.8 Å². The molecule has 0 bridgehead atoms. The lowest BCUT2D eigenvalue weighted by Gasteiger charge is -2.38. The number of hydrogen-bond donors (Lipinski definition) is 0. The lowest BCUT2D eigenvalue weighted by Crippen LogP contribution is -2.52. The second-order valence-electron chi connectivity index (χ2n) is 9.23. The number of piperazine rings is 1. The van der Waals surface area contributed by atoms with Crippen LogP contribution in [0.25, 0.3) is 0 Å². The number of hydrogen-bond acceptors (Lipinski definition) is 5. The van der Waals surface area contributed by atoms with Crippen LogP contribution >= 0.6 is 0 Å². The third-order valence-corrected chi connectivity index (χ3v) is 7.28. The zero-order valence-corrected chi connectivity index (χ0v) is 18.8. The molecule has 30 heavy (non-hydrogen) atoms. The topological polar surface area (TPSA) is 45.3 Å². The van der Waals surface area contributed by atoms with Gasteiger partial charge in [0.25, 0.3) is 5.91 Å². The Labute approximate surface area is 181 Å². The van der Waals surface area contributed by atoms with Crippen molar-refractivity contribution in [2.45, 2.75) is 63.6 Å². The Morgan fingerprint density at radius 1 is 1.03 bits per heavy atom. The van der Waals surface area contributed by atoms with Crippen molar-refractivity contribution in [3.8, 4) is 11.5 Å². The van der Waals surface area contributed by atoms with Crippen LogP contribution in [0.15, 0.2) is 18.2 Å². The van der Waals surface area contributed by atoms with Gasteiger partial charge in [-0.05, 0) is 57.9 Å². The molecule has 1 aliphatic carbocycles. The Bertz CT molecular complexity index is 726. The maximum absolute atomic E-state index is 13.4. The van der Waals surface area contributed by atoms with Gasteiger partial charge in [-0.25, -0.2) is 0 Å². The van der Waals surface area contributed by atoms with Gasteiger partial charge in [-0.2, -0.15) is 0 Å². The van der Waals surface area contributed by atoms with Crippen molar-refractivity contribution in [1.82, 2.24) is 14.7 Å². The molecule has 1 aromatic rings. The predicted octanol–water partition coefficient (Wildman–Crippen LogP) is 3.26. The molecule has 1 saturated carbocycles. The largest absolute Gasteiger partial charge is 0.497 e. The number of carbonyl (C=O) groups excluding carboxylic acids is 1. The van der Waals surface area contributed by atoms with E-state index in [0.717, 1.165) is 51.6 Å². The van der Waals surface area contributed by atoms with Crippen LogP contribution in [0, 0.1) is 0 Å². The normalized spacial score (nSPS) is 24.9. The molecular weight excluding hydrogens is 378 g/mol. The fourth-order valence-corrected chi connectivity index (χ4v) is 5.12. The number of amides is 1. The first-order valence-corrected chi connectivity index (χ1v) is 11.6. The van der Waals surface area contributed by atoms with E-state index in [0.29, 0.717) is 23.1 Å². The fourth-order valence-electron chi connectivity index (χ4n) is 5.12. The second kappa shape index (κ2) is 9.56. The van der Waals surface area contributed by atoms with Crippen LogP contribution in [-0.4, -0.2) is 85.7 Å². The quantitative estimate of drug-likeness (QED) is 0.739. The molecule has 1 unspecified atom stereocenters. The zero-order chi connectivity index (χ0) is 21.1. The van der Waals surface area contributed by atoms with E-state index < -0.39 is 0 Å². The van der Waals surface area contributed by atoms with Crippen LogP contribution in [-0.2, 0) is 0 Å². The first kappa shape index (κ1) is 21.4. The van der Waals surface area contributed by atoms with Gasteiger partial charge in [0.15, 0.2) is 0 Å². The minimum absolute atomic E-state index is 0.0484. The van der Waals surface area contributed by atoms with Gasteiger partial charge in [-0.15, -0.1) is 0 Å². The first-order valence-electron chi connectivity index (χ1n) is 11.6. The summed E-state index contributed by atoms with van der Waals surface area (Å²) in [5.74, 6) is 1.45. The summed E-state index contributed by atoms with van der Waals surface area (Å²) in [6.07, 6.45) is 7.70. The predicted molar refractivity (Wildman–Crippen MR) is 118 cm³/mol.